The minimum Gasteiger partial charge on any atom is -0.450 e. The molecule has 2 aromatic carbocycles. The number of rotatable bonds is 4. The molecule has 1 heterocycles. The number of benzene rings is 2. The Balaban J connectivity index is 1.53. The molecule has 0 radical (unpaired) electrons. The van der Waals surface area contributed by atoms with Crippen molar-refractivity contribution in [1.29, 1.82) is 0 Å². The third-order valence-electron chi connectivity index (χ3n) is 4.02. The highest BCUT2D eigenvalue weighted by molar-refractivity contribution is 9.10. The van der Waals surface area contributed by atoms with Crippen LogP contribution in [-0.4, -0.2) is 17.9 Å². The van der Waals surface area contributed by atoms with Gasteiger partial charge in [0.05, 0.1) is 4.47 Å². The number of fused-ring (bicyclic) bond motifs is 1. The number of hydrogen-bond acceptors (Lipinski definition) is 3. The van der Waals surface area contributed by atoms with Gasteiger partial charge in [-0.15, -0.1) is 0 Å². The van der Waals surface area contributed by atoms with Crippen LogP contribution in [0, 0.1) is 0 Å². The van der Waals surface area contributed by atoms with Gasteiger partial charge in [-0.25, -0.2) is 0 Å². The minimum atomic E-state index is -0.358. The highest BCUT2D eigenvalue weighted by atomic mass is 79.9. The van der Waals surface area contributed by atoms with Crippen molar-refractivity contribution < 1.29 is 14.0 Å². The van der Waals surface area contributed by atoms with Crippen LogP contribution in [0.25, 0.3) is 11.0 Å². The highest BCUT2D eigenvalue weighted by Crippen LogP contribution is 2.27. The van der Waals surface area contributed by atoms with Gasteiger partial charge < -0.3 is 15.1 Å². The summed E-state index contributed by atoms with van der Waals surface area (Å²) in [5.41, 5.74) is 1.70. The van der Waals surface area contributed by atoms with Crippen molar-refractivity contribution in [2.24, 2.45) is 0 Å². The number of furan rings is 1. The largest absolute Gasteiger partial charge is 0.450 e. The number of carbonyl (C=O) groups is 2. The van der Waals surface area contributed by atoms with Crippen LogP contribution in [0.2, 0.25) is 0 Å². The summed E-state index contributed by atoms with van der Waals surface area (Å²) in [7, 11) is 0. The van der Waals surface area contributed by atoms with Gasteiger partial charge in [0.2, 0.25) is 0 Å². The van der Waals surface area contributed by atoms with E-state index in [9.17, 15) is 9.59 Å². The van der Waals surface area contributed by atoms with Gasteiger partial charge in [-0.3, -0.25) is 9.59 Å². The molecule has 1 saturated carbocycles. The van der Waals surface area contributed by atoms with Gasteiger partial charge in [0.15, 0.2) is 5.76 Å². The summed E-state index contributed by atoms with van der Waals surface area (Å²) in [6.07, 6.45) is 2.06. The van der Waals surface area contributed by atoms with Gasteiger partial charge in [0, 0.05) is 22.7 Å². The Hall–Kier alpha value is -2.60. The van der Waals surface area contributed by atoms with E-state index in [1.54, 1.807) is 30.3 Å². The molecule has 5 nitrogen and oxygen atoms in total. The van der Waals surface area contributed by atoms with E-state index in [1.165, 1.54) is 0 Å². The molecule has 25 heavy (non-hydrogen) atoms. The second-order valence-corrected chi connectivity index (χ2v) is 6.91. The van der Waals surface area contributed by atoms with Crippen LogP contribution < -0.4 is 10.6 Å². The average molecular weight is 399 g/mol. The zero-order valence-electron chi connectivity index (χ0n) is 13.2. The fourth-order valence-corrected chi connectivity index (χ4v) is 3.03. The van der Waals surface area contributed by atoms with Gasteiger partial charge in [0.1, 0.15) is 5.58 Å². The van der Waals surface area contributed by atoms with Crippen molar-refractivity contribution in [3.8, 4) is 0 Å². The zero-order chi connectivity index (χ0) is 17.4. The third-order valence-corrected chi connectivity index (χ3v) is 4.64. The van der Waals surface area contributed by atoms with Crippen molar-refractivity contribution in [2.45, 2.75) is 18.9 Å². The first-order valence-corrected chi connectivity index (χ1v) is 8.80. The molecule has 6 heteroatoms. The van der Waals surface area contributed by atoms with Crippen LogP contribution in [0.3, 0.4) is 0 Å². The molecular weight excluding hydrogens is 384 g/mol. The molecule has 0 atom stereocenters. The summed E-state index contributed by atoms with van der Waals surface area (Å²) in [5.74, 6) is -0.260. The fourth-order valence-electron chi connectivity index (χ4n) is 2.57. The predicted octanol–water partition coefficient (Wildman–Crippen LogP) is 4.34. The summed E-state index contributed by atoms with van der Waals surface area (Å²) in [6, 6.07) is 14.5. The average Bonchev–Trinajstić information content (AvgIpc) is 3.30. The standard InChI is InChI=1S/C19H15BrN2O3/c20-15-6-2-3-11-10-16(25-17(11)15)19(24)22-14-5-1-4-12(9-14)18(23)21-13-7-8-13/h1-6,9-10,13H,7-8H2,(H,21,23)(H,22,24). The lowest BCUT2D eigenvalue weighted by molar-refractivity contribution is 0.0949. The lowest BCUT2D eigenvalue weighted by Gasteiger charge is -2.07. The number of halogens is 1. The predicted molar refractivity (Wildman–Crippen MR) is 98.8 cm³/mol. The van der Waals surface area contributed by atoms with E-state index in [0.29, 0.717) is 22.9 Å². The quantitative estimate of drug-likeness (QED) is 0.686. The minimum absolute atomic E-state index is 0.119. The molecule has 2 N–H and O–H groups in total. The molecule has 126 valence electrons. The summed E-state index contributed by atoms with van der Waals surface area (Å²) in [4.78, 5) is 24.6. The molecule has 0 bridgehead atoms. The monoisotopic (exact) mass is 398 g/mol. The van der Waals surface area contributed by atoms with Crippen LogP contribution in [0.1, 0.15) is 33.8 Å². The fraction of sp³-hybridized carbons (Fsp3) is 0.158. The van der Waals surface area contributed by atoms with Crippen LogP contribution in [0.5, 0.6) is 0 Å². The molecule has 1 aromatic heterocycles. The number of nitrogens with one attached hydrogen (secondary N) is 2. The molecule has 2 amide bonds. The van der Waals surface area contributed by atoms with E-state index >= 15 is 0 Å². The molecule has 0 aliphatic heterocycles. The van der Waals surface area contributed by atoms with Crippen LogP contribution >= 0.6 is 15.9 Å². The van der Waals surface area contributed by atoms with E-state index in [-0.39, 0.29) is 17.6 Å². The highest BCUT2D eigenvalue weighted by Gasteiger charge is 2.24. The number of anilines is 1. The van der Waals surface area contributed by atoms with Crippen LogP contribution in [0.4, 0.5) is 5.69 Å². The van der Waals surface area contributed by atoms with E-state index < -0.39 is 0 Å². The lowest BCUT2D eigenvalue weighted by atomic mass is 10.2. The van der Waals surface area contributed by atoms with E-state index in [4.69, 9.17) is 4.42 Å². The van der Waals surface area contributed by atoms with Gasteiger partial charge in [0.25, 0.3) is 11.8 Å². The lowest BCUT2D eigenvalue weighted by Crippen LogP contribution is -2.25. The van der Waals surface area contributed by atoms with Crippen molar-refractivity contribution in [2.75, 3.05) is 5.32 Å². The summed E-state index contributed by atoms with van der Waals surface area (Å²) < 4.78 is 6.43. The van der Waals surface area contributed by atoms with Gasteiger partial charge in [-0.1, -0.05) is 18.2 Å². The van der Waals surface area contributed by atoms with Crippen molar-refractivity contribution in [1.82, 2.24) is 5.32 Å². The molecular formula is C19H15BrN2O3. The summed E-state index contributed by atoms with van der Waals surface area (Å²) >= 11 is 3.41. The molecule has 1 aliphatic carbocycles. The number of carbonyl (C=O) groups excluding carboxylic acids is 2. The van der Waals surface area contributed by atoms with E-state index in [1.807, 2.05) is 18.2 Å². The Labute approximate surface area is 152 Å². The smallest absolute Gasteiger partial charge is 0.291 e. The van der Waals surface area contributed by atoms with Gasteiger partial charge in [-0.05, 0) is 59.1 Å². The number of hydrogen-bond donors (Lipinski definition) is 2. The van der Waals surface area contributed by atoms with Gasteiger partial charge >= 0.3 is 0 Å². The maximum atomic E-state index is 12.4. The normalized spacial score (nSPS) is 13.6. The maximum Gasteiger partial charge on any atom is 0.291 e. The molecule has 0 saturated heterocycles. The maximum absolute atomic E-state index is 12.4. The second-order valence-electron chi connectivity index (χ2n) is 6.05. The summed E-state index contributed by atoms with van der Waals surface area (Å²) in [6.45, 7) is 0. The van der Waals surface area contributed by atoms with Crippen molar-refractivity contribution >= 4 is 44.4 Å². The Morgan fingerprint density at radius 3 is 2.60 bits per heavy atom. The Bertz CT molecular complexity index is 976. The third kappa shape index (κ3) is 3.44. The first-order valence-electron chi connectivity index (χ1n) is 8.00. The zero-order valence-corrected chi connectivity index (χ0v) is 14.8. The SMILES string of the molecule is O=C(NC1CC1)c1cccc(NC(=O)c2cc3cccc(Br)c3o2)c1. The van der Waals surface area contributed by atoms with Crippen LogP contribution in [0.15, 0.2) is 57.4 Å². The number of para-hydroxylation sites is 1. The Morgan fingerprint density at radius 1 is 1.04 bits per heavy atom. The number of amides is 2. The molecule has 0 unspecified atom stereocenters. The van der Waals surface area contributed by atoms with E-state index in [2.05, 4.69) is 26.6 Å². The van der Waals surface area contributed by atoms with E-state index in [0.717, 1.165) is 22.7 Å². The summed E-state index contributed by atoms with van der Waals surface area (Å²) in [5, 5.41) is 6.55. The molecule has 1 fully saturated rings. The van der Waals surface area contributed by atoms with Crippen LogP contribution in [-0.2, 0) is 0 Å². The van der Waals surface area contributed by atoms with Gasteiger partial charge in [-0.2, -0.15) is 0 Å². The first-order chi connectivity index (χ1) is 12.1. The molecule has 0 spiro atoms. The van der Waals surface area contributed by atoms with Crippen molar-refractivity contribution in [3.05, 3.63) is 64.3 Å². The molecule has 4 rings (SSSR count). The second kappa shape index (κ2) is 6.37. The molecule has 3 aromatic rings. The topological polar surface area (TPSA) is 71.3 Å². The first kappa shape index (κ1) is 15.9. The Morgan fingerprint density at radius 2 is 1.84 bits per heavy atom. The molecule has 1 aliphatic rings. The van der Waals surface area contributed by atoms with Crippen molar-refractivity contribution in [3.63, 3.8) is 0 Å². The Kier molecular flexibility index (Phi) is 4.05.